The van der Waals surface area contributed by atoms with E-state index in [2.05, 4.69) is 4.98 Å². The monoisotopic (exact) mass is 241 g/mol. The van der Waals surface area contributed by atoms with Crippen molar-refractivity contribution in [2.45, 2.75) is 6.18 Å². The molecule has 0 saturated carbocycles. The van der Waals surface area contributed by atoms with E-state index in [0.29, 0.717) is 5.56 Å². The van der Waals surface area contributed by atoms with Crippen LogP contribution in [0, 0.1) is 5.82 Å². The molecule has 1 nitrogen and oxygen atoms in total. The molecule has 88 valence electrons. The summed E-state index contributed by atoms with van der Waals surface area (Å²) in [6, 6.07) is 5.74. The zero-order valence-corrected chi connectivity index (χ0v) is 8.50. The topological polar surface area (TPSA) is 12.9 Å². The number of benzene rings is 1. The van der Waals surface area contributed by atoms with Crippen LogP contribution in [0.25, 0.3) is 11.1 Å². The van der Waals surface area contributed by atoms with Crippen LogP contribution < -0.4 is 0 Å². The van der Waals surface area contributed by atoms with Crippen LogP contribution in [0.4, 0.5) is 17.6 Å². The standard InChI is InChI=1S/C12H7F4N/c13-11-7-17-6-5-10(11)8-1-3-9(4-2-8)12(14,15)16/h1-7H. The first-order valence-corrected chi connectivity index (χ1v) is 4.75. The summed E-state index contributed by atoms with van der Waals surface area (Å²) >= 11 is 0. The van der Waals surface area contributed by atoms with Crippen LogP contribution in [-0.2, 0) is 6.18 Å². The molecule has 0 radical (unpaired) electrons. The average Bonchev–Trinajstić information content (AvgIpc) is 2.29. The Morgan fingerprint density at radius 3 is 2.12 bits per heavy atom. The number of aromatic nitrogens is 1. The highest BCUT2D eigenvalue weighted by Crippen LogP contribution is 2.31. The normalized spacial score (nSPS) is 11.5. The second-order valence-corrected chi connectivity index (χ2v) is 3.43. The fourth-order valence-electron chi connectivity index (χ4n) is 1.45. The van der Waals surface area contributed by atoms with E-state index in [0.717, 1.165) is 18.3 Å². The van der Waals surface area contributed by atoms with Gasteiger partial charge in [-0.2, -0.15) is 13.2 Å². The quantitative estimate of drug-likeness (QED) is 0.690. The predicted molar refractivity (Wildman–Crippen MR) is 54.6 cm³/mol. The Morgan fingerprint density at radius 2 is 1.59 bits per heavy atom. The molecule has 1 aromatic heterocycles. The highest BCUT2D eigenvalue weighted by molar-refractivity contribution is 5.63. The molecule has 0 atom stereocenters. The smallest absolute Gasteiger partial charge is 0.262 e. The molecule has 0 fully saturated rings. The van der Waals surface area contributed by atoms with Crippen molar-refractivity contribution in [1.82, 2.24) is 4.98 Å². The minimum Gasteiger partial charge on any atom is -0.262 e. The fourth-order valence-corrected chi connectivity index (χ4v) is 1.45. The van der Waals surface area contributed by atoms with Crippen molar-refractivity contribution in [3.05, 3.63) is 54.1 Å². The molecule has 0 spiro atoms. The number of halogens is 4. The van der Waals surface area contributed by atoms with Gasteiger partial charge in [-0.3, -0.25) is 4.98 Å². The average molecular weight is 241 g/mol. The van der Waals surface area contributed by atoms with Gasteiger partial charge in [-0.05, 0) is 23.8 Å². The Balaban J connectivity index is 2.40. The van der Waals surface area contributed by atoms with Gasteiger partial charge in [0, 0.05) is 11.8 Å². The number of hydrogen-bond acceptors (Lipinski definition) is 1. The Hall–Kier alpha value is -1.91. The van der Waals surface area contributed by atoms with Crippen LogP contribution in [0.1, 0.15) is 5.56 Å². The van der Waals surface area contributed by atoms with E-state index in [1.54, 1.807) is 0 Å². The summed E-state index contributed by atoms with van der Waals surface area (Å²) in [5.74, 6) is -0.563. The first-order chi connectivity index (χ1) is 7.98. The van der Waals surface area contributed by atoms with Crippen molar-refractivity contribution >= 4 is 0 Å². The second-order valence-electron chi connectivity index (χ2n) is 3.43. The summed E-state index contributed by atoms with van der Waals surface area (Å²) in [7, 11) is 0. The molecular formula is C12H7F4N. The predicted octanol–water partition coefficient (Wildman–Crippen LogP) is 3.91. The first kappa shape index (κ1) is 11.6. The zero-order valence-electron chi connectivity index (χ0n) is 8.50. The van der Waals surface area contributed by atoms with Gasteiger partial charge in [0.15, 0.2) is 0 Å². The number of rotatable bonds is 1. The molecule has 2 rings (SSSR count). The van der Waals surface area contributed by atoms with E-state index in [1.165, 1.54) is 24.4 Å². The minimum atomic E-state index is -4.38. The van der Waals surface area contributed by atoms with Gasteiger partial charge >= 0.3 is 6.18 Å². The first-order valence-electron chi connectivity index (χ1n) is 4.75. The van der Waals surface area contributed by atoms with E-state index < -0.39 is 17.6 Å². The highest BCUT2D eigenvalue weighted by Gasteiger charge is 2.30. The van der Waals surface area contributed by atoms with Crippen LogP contribution >= 0.6 is 0 Å². The van der Waals surface area contributed by atoms with Gasteiger partial charge < -0.3 is 0 Å². The van der Waals surface area contributed by atoms with Crippen molar-refractivity contribution < 1.29 is 17.6 Å². The van der Waals surface area contributed by atoms with Gasteiger partial charge in [-0.25, -0.2) is 4.39 Å². The molecule has 0 aliphatic heterocycles. The summed E-state index contributed by atoms with van der Waals surface area (Å²) in [5.41, 5.74) is -0.137. The second kappa shape index (κ2) is 4.16. The Bertz CT molecular complexity index is 517. The highest BCUT2D eigenvalue weighted by atomic mass is 19.4. The Labute approximate surface area is 94.7 Å². The molecule has 0 aliphatic rings. The van der Waals surface area contributed by atoms with Crippen LogP contribution in [-0.4, -0.2) is 4.98 Å². The van der Waals surface area contributed by atoms with Crippen LogP contribution in [0.3, 0.4) is 0 Å². The summed E-state index contributed by atoms with van der Waals surface area (Å²) < 4.78 is 50.3. The number of pyridine rings is 1. The molecule has 17 heavy (non-hydrogen) atoms. The molecule has 0 bridgehead atoms. The fraction of sp³-hybridized carbons (Fsp3) is 0.0833. The maximum atomic E-state index is 13.3. The SMILES string of the molecule is Fc1cnccc1-c1ccc(C(F)(F)F)cc1. The van der Waals surface area contributed by atoms with E-state index in [-0.39, 0.29) is 5.56 Å². The number of alkyl halides is 3. The largest absolute Gasteiger partial charge is 0.416 e. The third kappa shape index (κ3) is 2.43. The van der Waals surface area contributed by atoms with Gasteiger partial charge in [0.05, 0.1) is 11.8 Å². The molecule has 5 heteroatoms. The number of hydrogen-bond donors (Lipinski definition) is 0. The molecule has 0 amide bonds. The van der Waals surface area contributed by atoms with Crippen molar-refractivity contribution in [2.24, 2.45) is 0 Å². The lowest BCUT2D eigenvalue weighted by Crippen LogP contribution is -2.04. The molecule has 0 N–H and O–H groups in total. The van der Waals surface area contributed by atoms with E-state index in [1.807, 2.05) is 0 Å². The minimum absolute atomic E-state index is 0.230. The Kier molecular flexibility index (Phi) is 2.83. The molecule has 0 unspecified atom stereocenters. The summed E-state index contributed by atoms with van der Waals surface area (Å²) in [4.78, 5) is 3.57. The summed E-state index contributed by atoms with van der Waals surface area (Å²) in [6.07, 6.45) is -1.97. The van der Waals surface area contributed by atoms with E-state index in [4.69, 9.17) is 0 Å². The molecule has 2 aromatic rings. The summed E-state index contributed by atoms with van der Waals surface area (Å²) in [5, 5.41) is 0. The molecular weight excluding hydrogens is 234 g/mol. The van der Waals surface area contributed by atoms with Gasteiger partial charge in [0.1, 0.15) is 5.82 Å². The van der Waals surface area contributed by atoms with E-state index >= 15 is 0 Å². The van der Waals surface area contributed by atoms with Crippen molar-refractivity contribution in [1.29, 1.82) is 0 Å². The zero-order chi connectivity index (χ0) is 12.5. The maximum Gasteiger partial charge on any atom is 0.416 e. The third-order valence-corrected chi connectivity index (χ3v) is 2.30. The van der Waals surface area contributed by atoms with Crippen molar-refractivity contribution in [2.75, 3.05) is 0 Å². The molecule has 1 heterocycles. The van der Waals surface area contributed by atoms with Crippen LogP contribution in [0.5, 0.6) is 0 Å². The Morgan fingerprint density at radius 1 is 0.941 bits per heavy atom. The van der Waals surface area contributed by atoms with Gasteiger partial charge in [-0.1, -0.05) is 12.1 Å². The number of nitrogens with zero attached hydrogens (tertiary/aromatic N) is 1. The van der Waals surface area contributed by atoms with Gasteiger partial charge in [-0.15, -0.1) is 0 Å². The van der Waals surface area contributed by atoms with Gasteiger partial charge in [0.25, 0.3) is 0 Å². The van der Waals surface area contributed by atoms with Gasteiger partial charge in [0.2, 0.25) is 0 Å². The lowest BCUT2D eigenvalue weighted by molar-refractivity contribution is -0.137. The van der Waals surface area contributed by atoms with Crippen molar-refractivity contribution in [3.63, 3.8) is 0 Å². The molecule has 0 saturated heterocycles. The van der Waals surface area contributed by atoms with Crippen LogP contribution in [0.15, 0.2) is 42.7 Å². The lowest BCUT2D eigenvalue weighted by Gasteiger charge is -2.08. The van der Waals surface area contributed by atoms with E-state index in [9.17, 15) is 17.6 Å². The van der Waals surface area contributed by atoms with Crippen molar-refractivity contribution in [3.8, 4) is 11.1 Å². The third-order valence-electron chi connectivity index (χ3n) is 2.30. The summed E-state index contributed by atoms with van der Waals surface area (Å²) in [6.45, 7) is 0. The van der Waals surface area contributed by atoms with Crippen LogP contribution in [0.2, 0.25) is 0 Å². The lowest BCUT2D eigenvalue weighted by atomic mass is 10.0. The molecule has 1 aromatic carbocycles. The molecule has 0 aliphatic carbocycles. The maximum absolute atomic E-state index is 13.3.